The normalized spacial score (nSPS) is 18.8. The van der Waals surface area contributed by atoms with Gasteiger partial charge in [-0.15, -0.1) is 0 Å². The Morgan fingerprint density at radius 1 is 1.06 bits per heavy atom. The number of morpholine rings is 1. The molecular formula is C20H25N5O5S. The van der Waals surface area contributed by atoms with E-state index in [1.165, 1.54) is 16.4 Å². The molecule has 1 aromatic heterocycles. The highest BCUT2D eigenvalue weighted by molar-refractivity contribution is 7.89. The number of rotatable bonds is 5. The summed E-state index contributed by atoms with van der Waals surface area (Å²) in [5.41, 5.74) is 6.75. The number of ether oxygens (including phenoxy) is 1. The molecule has 0 atom stereocenters. The Labute approximate surface area is 180 Å². The Morgan fingerprint density at radius 3 is 2.29 bits per heavy atom. The summed E-state index contributed by atoms with van der Waals surface area (Å²) in [6.07, 6.45) is 1.46. The van der Waals surface area contributed by atoms with E-state index in [2.05, 4.69) is 10.2 Å². The maximum atomic E-state index is 12.9. The van der Waals surface area contributed by atoms with Crippen molar-refractivity contribution in [2.24, 2.45) is 5.73 Å². The lowest BCUT2D eigenvalue weighted by Crippen LogP contribution is -2.40. The zero-order valence-electron chi connectivity index (χ0n) is 17.0. The van der Waals surface area contributed by atoms with E-state index in [0.717, 1.165) is 18.5 Å². The Hall–Kier alpha value is -2.76. The fraction of sp³-hybridized carbons (Fsp3) is 0.450. The smallest absolute Gasteiger partial charge is 0.269 e. The Bertz CT molecular complexity index is 1050. The van der Waals surface area contributed by atoms with Crippen molar-refractivity contribution in [1.29, 1.82) is 0 Å². The summed E-state index contributed by atoms with van der Waals surface area (Å²) in [4.78, 5) is 26.0. The minimum Gasteiger partial charge on any atom is -0.379 e. The molecule has 1 aromatic carbocycles. The summed E-state index contributed by atoms with van der Waals surface area (Å²) in [5, 5.41) is 6.77. The van der Waals surface area contributed by atoms with E-state index in [4.69, 9.17) is 10.5 Å². The van der Waals surface area contributed by atoms with Gasteiger partial charge in [-0.05, 0) is 43.2 Å². The third-order valence-corrected chi connectivity index (χ3v) is 7.69. The van der Waals surface area contributed by atoms with E-state index >= 15 is 0 Å². The maximum Gasteiger partial charge on any atom is 0.269 e. The van der Waals surface area contributed by atoms with E-state index < -0.39 is 15.9 Å². The van der Waals surface area contributed by atoms with E-state index in [0.29, 0.717) is 45.0 Å². The maximum absolute atomic E-state index is 12.9. The predicted octanol–water partition coefficient (Wildman–Crippen LogP) is 0.549. The molecule has 2 aliphatic heterocycles. The first kappa shape index (κ1) is 21.5. The van der Waals surface area contributed by atoms with Gasteiger partial charge in [0.2, 0.25) is 10.0 Å². The third kappa shape index (κ3) is 4.48. The van der Waals surface area contributed by atoms with Crippen molar-refractivity contribution in [3.63, 3.8) is 0 Å². The molecule has 2 fully saturated rings. The molecule has 2 saturated heterocycles. The molecule has 0 saturated carbocycles. The van der Waals surface area contributed by atoms with Crippen LogP contribution in [0.5, 0.6) is 0 Å². The van der Waals surface area contributed by atoms with Crippen molar-refractivity contribution in [1.82, 2.24) is 19.4 Å². The third-order valence-electron chi connectivity index (χ3n) is 5.78. The van der Waals surface area contributed by atoms with Crippen molar-refractivity contribution in [2.75, 3.05) is 39.4 Å². The van der Waals surface area contributed by atoms with Crippen LogP contribution in [0.3, 0.4) is 0 Å². The van der Waals surface area contributed by atoms with E-state index in [1.807, 2.05) is 0 Å². The highest BCUT2D eigenvalue weighted by Crippen LogP contribution is 2.28. The standard InChI is InChI=1S/C20H25N5O5S/c21-19(26)18-13-17(22-23-18)14-5-7-24(8-6-14)20(27)15-1-3-16(4-2-15)31(28,29)25-9-11-30-12-10-25/h1-4,13-14H,5-12H2,(H2,21,26)(H,22,23). The van der Waals surface area contributed by atoms with E-state index in [-0.39, 0.29) is 22.4 Å². The average molecular weight is 448 g/mol. The molecule has 0 unspecified atom stereocenters. The van der Waals surface area contributed by atoms with Crippen LogP contribution in [0.1, 0.15) is 45.3 Å². The number of aromatic nitrogens is 2. The Balaban J connectivity index is 1.38. The number of aromatic amines is 1. The van der Waals surface area contributed by atoms with Gasteiger partial charge in [0, 0.05) is 43.4 Å². The molecule has 4 rings (SSSR count). The van der Waals surface area contributed by atoms with Crippen LogP contribution in [0.25, 0.3) is 0 Å². The van der Waals surface area contributed by atoms with E-state index in [1.54, 1.807) is 23.1 Å². The molecule has 3 N–H and O–H groups in total. The molecule has 0 radical (unpaired) electrons. The quantitative estimate of drug-likeness (QED) is 0.686. The second-order valence-corrected chi connectivity index (χ2v) is 9.62. The molecule has 10 nitrogen and oxygen atoms in total. The molecule has 166 valence electrons. The number of piperidine rings is 1. The number of nitrogens with zero attached hydrogens (tertiary/aromatic N) is 3. The van der Waals surface area contributed by atoms with Crippen LogP contribution in [-0.4, -0.2) is 79.0 Å². The Kier molecular flexibility index (Phi) is 6.08. The highest BCUT2D eigenvalue weighted by Gasteiger charge is 2.28. The van der Waals surface area contributed by atoms with Crippen LogP contribution in [-0.2, 0) is 14.8 Å². The highest BCUT2D eigenvalue weighted by atomic mass is 32.2. The second-order valence-electron chi connectivity index (χ2n) is 7.68. The number of amides is 2. The van der Waals surface area contributed by atoms with Crippen LogP contribution in [0.4, 0.5) is 0 Å². The first-order valence-electron chi connectivity index (χ1n) is 10.2. The van der Waals surface area contributed by atoms with Crippen molar-refractivity contribution in [3.05, 3.63) is 47.3 Å². The number of carbonyl (C=O) groups is 2. The summed E-state index contributed by atoms with van der Waals surface area (Å²) in [5.74, 6) is -0.531. The Morgan fingerprint density at radius 2 is 1.71 bits per heavy atom. The minimum absolute atomic E-state index is 0.129. The van der Waals surface area contributed by atoms with Gasteiger partial charge in [-0.25, -0.2) is 8.42 Å². The number of H-pyrrole nitrogens is 1. The van der Waals surface area contributed by atoms with Gasteiger partial charge in [0.05, 0.1) is 18.1 Å². The lowest BCUT2D eigenvalue weighted by molar-refractivity contribution is 0.0711. The summed E-state index contributed by atoms with van der Waals surface area (Å²) in [6.45, 7) is 2.54. The molecular weight excluding hydrogens is 422 g/mol. The van der Waals surface area contributed by atoms with Gasteiger partial charge in [-0.2, -0.15) is 9.40 Å². The average Bonchev–Trinajstić information content (AvgIpc) is 3.30. The molecule has 11 heteroatoms. The van der Waals surface area contributed by atoms with Gasteiger partial charge < -0.3 is 15.4 Å². The zero-order valence-corrected chi connectivity index (χ0v) is 17.8. The lowest BCUT2D eigenvalue weighted by atomic mass is 9.93. The van der Waals surface area contributed by atoms with E-state index in [9.17, 15) is 18.0 Å². The number of carbonyl (C=O) groups excluding carboxylic acids is 2. The van der Waals surface area contributed by atoms with Crippen LogP contribution < -0.4 is 5.73 Å². The number of nitrogens with two attached hydrogens (primary N) is 1. The molecule has 2 aromatic rings. The zero-order chi connectivity index (χ0) is 22.0. The van der Waals surface area contributed by atoms with Crippen LogP contribution in [0.15, 0.2) is 35.2 Å². The van der Waals surface area contributed by atoms with Gasteiger partial charge in [0.1, 0.15) is 5.69 Å². The number of sulfonamides is 1. The van der Waals surface area contributed by atoms with Crippen molar-refractivity contribution in [3.8, 4) is 0 Å². The second kappa shape index (κ2) is 8.77. The number of nitrogens with one attached hydrogen (secondary N) is 1. The molecule has 31 heavy (non-hydrogen) atoms. The van der Waals surface area contributed by atoms with Gasteiger partial charge in [0.25, 0.3) is 11.8 Å². The molecule has 2 amide bonds. The summed E-state index contributed by atoms with van der Waals surface area (Å²) in [6, 6.07) is 7.77. The number of primary amides is 1. The summed E-state index contributed by atoms with van der Waals surface area (Å²) < 4.78 is 32.1. The van der Waals surface area contributed by atoms with Gasteiger partial charge in [-0.3, -0.25) is 14.7 Å². The molecule has 0 aliphatic carbocycles. The predicted molar refractivity (Wildman–Crippen MR) is 111 cm³/mol. The molecule has 3 heterocycles. The first-order valence-corrected chi connectivity index (χ1v) is 11.6. The van der Waals surface area contributed by atoms with Crippen LogP contribution >= 0.6 is 0 Å². The lowest BCUT2D eigenvalue weighted by Gasteiger charge is -2.31. The fourth-order valence-electron chi connectivity index (χ4n) is 3.95. The van der Waals surface area contributed by atoms with Gasteiger partial charge in [-0.1, -0.05) is 0 Å². The number of hydrogen-bond donors (Lipinski definition) is 2. The topological polar surface area (TPSA) is 139 Å². The molecule has 0 bridgehead atoms. The monoisotopic (exact) mass is 447 g/mol. The summed E-state index contributed by atoms with van der Waals surface area (Å²) in [7, 11) is -3.59. The van der Waals surface area contributed by atoms with Gasteiger partial charge >= 0.3 is 0 Å². The molecule has 0 spiro atoms. The van der Waals surface area contributed by atoms with Crippen molar-refractivity contribution in [2.45, 2.75) is 23.7 Å². The molecule has 2 aliphatic rings. The van der Waals surface area contributed by atoms with Crippen LogP contribution in [0.2, 0.25) is 0 Å². The largest absolute Gasteiger partial charge is 0.379 e. The SMILES string of the molecule is NC(=O)c1cc(C2CCN(C(=O)c3ccc(S(=O)(=O)N4CCOCC4)cc3)CC2)[nH]n1. The first-order chi connectivity index (χ1) is 14.9. The van der Waals surface area contributed by atoms with Crippen LogP contribution in [0, 0.1) is 0 Å². The number of benzene rings is 1. The number of hydrogen-bond acceptors (Lipinski definition) is 6. The summed E-state index contributed by atoms with van der Waals surface area (Å²) >= 11 is 0. The van der Waals surface area contributed by atoms with Gasteiger partial charge in [0.15, 0.2) is 0 Å². The fourth-order valence-corrected chi connectivity index (χ4v) is 5.36. The minimum atomic E-state index is -3.59. The van der Waals surface area contributed by atoms with Crippen molar-refractivity contribution >= 4 is 21.8 Å². The number of likely N-dealkylation sites (tertiary alicyclic amines) is 1. The van der Waals surface area contributed by atoms with Crippen molar-refractivity contribution < 1.29 is 22.7 Å².